The van der Waals surface area contributed by atoms with E-state index in [2.05, 4.69) is 13.8 Å². The number of aliphatic hydroxyl groups excluding tert-OH is 1. The van der Waals surface area contributed by atoms with Crippen LogP contribution in [0.25, 0.3) is 0 Å². The van der Waals surface area contributed by atoms with Gasteiger partial charge in [0.15, 0.2) is 0 Å². The first kappa shape index (κ1) is 13.6. The molecule has 4 aliphatic rings. The largest absolute Gasteiger partial charge is 0.393 e. The van der Waals surface area contributed by atoms with Gasteiger partial charge in [-0.1, -0.05) is 20.3 Å². The van der Waals surface area contributed by atoms with Crippen molar-refractivity contribution in [3.8, 4) is 0 Å². The van der Waals surface area contributed by atoms with Crippen LogP contribution in [0.2, 0.25) is 0 Å². The van der Waals surface area contributed by atoms with Crippen LogP contribution in [0.15, 0.2) is 0 Å². The molecule has 0 aromatic carbocycles. The van der Waals surface area contributed by atoms with Crippen molar-refractivity contribution < 1.29 is 5.11 Å². The van der Waals surface area contributed by atoms with E-state index in [1.165, 1.54) is 51.4 Å². The lowest BCUT2D eigenvalue weighted by Crippen LogP contribution is -2.53. The van der Waals surface area contributed by atoms with E-state index in [-0.39, 0.29) is 6.10 Å². The zero-order chi connectivity index (χ0) is 14.0. The molecule has 0 aromatic heterocycles. The average Bonchev–Trinajstić information content (AvgIpc) is 2.81. The van der Waals surface area contributed by atoms with Crippen LogP contribution in [-0.2, 0) is 0 Å². The Morgan fingerprint density at radius 3 is 2.55 bits per heavy atom. The van der Waals surface area contributed by atoms with E-state index in [4.69, 9.17) is 0 Å². The third-order valence-electron chi connectivity index (χ3n) is 8.42. The van der Waals surface area contributed by atoms with Gasteiger partial charge in [-0.05, 0) is 92.3 Å². The van der Waals surface area contributed by atoms with Crippen molar-refractivity contribution in [1.82, 2.24) is 0 Å². The maximum Gasteiger partial charge on any atom is 0.0543 e. The molecular weight excluding hydrogens is 244 g/mol. The Morgan fingerprint density at radius 2 is 1.70 bits per heavy atom. The van der Waals surface area contributed by atoms with E-state index >= 15 is 0 Å². The summed E-state index contributed by atoms with van der Waals surface area (Å²) in [5, 5.41) is 10.0. The second-order valence-corrected chi connectivity index (χ2v) is 9.17. The molecule has 0 heterocycles. The van der Waals surface area contributed by atoms with Gasteiger partial charge in [0, 0.05) is 0 Å². The molecule has 1 nitrogen and oxygen atoms in total. The summed E-state index contributed by atoms with van der Waals surface area (Å²) in [6.45, 7) is 5.19. The molecule has 0 aromatic rings. The number of hydrogen-bond acceptors (Lipinski definition) is 1. The summed E-state index contributed by atoms with van der Waals surface area (Å²) in [6.07, 6.45) is 13.8. The zero-order valence-corrected chi connectivity index (χ0v) is 13.4. The lowest BCUT2D eigenvalue weighted by Gasteiger charge is -2.60. The molecule has 4 aliphatic carbocycles. The van der Waals surface area contributed by atoms with Crippen LogP contribution in [0.4, 0.5) is 0 Å². The van der Waals surface area contributed by atoms with Gasteiger partial charge in [0.05, 0.1) is 6.10 Å². The van der Waals surface area contributed by atoms with Crippen molar-refractivity contribution in [2.24, 2.45) is 34.5 Å². The van der Waals surface area contributed by atoms with Crippen LogP contribution in [0.5, 0.6) is 0 Å². The van der Waals surface area contributed by atoms with Crippen LogP contribution < -0.4 is 0 Å². The first-order chi connectivity index (χ1) is 9.53. The van der Waals surface area contributed by atoms with Crippen LogP contribution in [0.1, 0.15) is 78.1 Å². The third kappa shape index (κ3) is 1.77. The van der Waals surface area contributed by atoms with E-state index in [1.54, 1.807) is 0 Å². The van der Waals surface area contributed by atoms with Crippen LogP contribution >= 0.6 is 0 Å². The van der Waals surface area contributed by atoms with E-state index in [9.17, 15) is 5.11 Å². The van der Waals surface area contributed by atoms with Crippen molar-refractivity contribution in [1.29, 1.82) is 0 Å². The molecule has 7 atom stereocenters. The maximum absolute atomic E-state index is 10.0. The second-order valence-electron chi connectivity index (χ2n) is 9.17. The molecule has 0 amide bonds. The van der Waals surface area contributed by atoms with Gasteiger partial charge in [-0.25, -0.2) is 0 Å². The van der Waals surface area contributed by atoms with Gasteiger partial charge in [0.2, 0.25) is 0 Å². The summed E-state index contributed by atoms with van der Waals surface area (Å²) in [4.78, 5) is 0. The Balaban J connectivity index is 1.62. The van der Waals surface area contributed by atoms with Crippen molar-refractivity contribution in [2.45, 2.75) is 84.2 Å². The molecule has 1 N–H and O–H groups in total. The Bertz CT molecular complexity index is 391. The molecule has 20 heavy (non-hydrogen) atoms. The zero-order valence-electron chi connectivity index (χ0n) is 13.4. The fraction of sp³-hybridized carbons (Fsp3) is 1.00. The van der Waals surface area contributed by atoms with E-state index in [0.717, 1.165) is 36.5 Å². The average molecular weight is 276 g/mol. The summed E-state index contributed by atoms with van der Waals surface area (Å²) in [7, 11) is 0. The minimum atomic E-state index is 0.00459. The molecule has 0 unspecified atom stereocenters. The van der Waals surface area contributed by atoms with Crippen molar-refractivity contribution in [3.63, 3.8) is 0 Å². The Hall–Kier alpha value is -0.0400. The lowest BCUT2D eigenvalue weighted by atomic mass is 9.45. The highest BCUT2D eigenvalue weighted by Gasteiger charge is 2.57. The molecule has 4 rings (SSSR count). The SMILES string of the molecule is C[C@]12CCC[C@H]1[C@@H]1CC[C@H]3C[C@@H](O)CC[C@]3(C)[C@H]1CC2. The fourth-order valence-electron chi connectivity index (χ4n) is 7.23. The minimum Gasteiger partial charge on any atom is -0.393 e. The quantitative estimate of drug-likeness (QED) is 0.675. The number of hydrogen-bond donors (Lipinski definition) is 1. The van der Waals surface area contributed by atoms with Crippen LogP contribution in [0, 0.1) is 34.5 Å². The second kappa shape index (κ2) is 4.48. The topological polar surface area (TPSA) is 20.2 Å². The highest BCUT2D eigenvalue weighted by Crippen LogP contribution is 2.66. The summed E-state index contributed by atoms with van der Waals surface area (Å²) < 4.78 is 0. The van der Waals surface area contributed by atoms with E-state index in [0.29, 0.717) is 10.8 Å². The molecule has 114 valence electrons. The predicted molar refractivity (Wildman–Crippen MR) is 82.4 cm³/mol. The Morgan fingerprint density at radius 1 is 0.850 bits per heavy atom. The van der Waals surface area contributed by atoms with Crippen molar-refractivity contribution in [3.05, 3.63) is 0 Å². The number of fused-ring (bicyclic) bond motifs is 5. The number of rotatable bonds is 0. The van der Waals surface area contributed by atoms with E-state index < -0.39 is 0 Å². The van der Waals surface area contributed by atoms with Gasteiger partial charge >= 0.3 is 0 Å². The van der Waals surface area contributed by atoms with Gasteiger partial charge in [0.1, 0.15) is 0 Å². The summed E-state index contributed by atoms with van der Waals surface area (Å²) in [5.74, 6) is 3.85. The first-order valence-electron chi connectivity index (χ1n) is 9.21. The molecule has 0 bridgehead atoms. The maximum atomic E-state index is 10.0. The van der Waals surface area contributed by atoms with E-state index in [1.807, 2.05) is 0 Å². The number of aliphatic hydroxyl groups is 1. The molecule has 1 heteroatoms. The highest BCUT2D eigenvalue weighted by atomic mass is 16.3. The first-order valence-corrected chi connectivity index (χ1v) is 9.21. The minimum absolute atomic E-state index is 0.00459. The predicted octanol–water partition coefficient (Wildman–Crippen LogP) is 4.78. The third-order valence-corrected chi connectivity index (χ3v) is 8.42. The standard InChI is InChI=1S/C19H32O/c1-18-9-3-4-16(18)15-6-5-13-12-14(20)7-11-19(13,2)17(15)8-10-18/h13-17,20H,3-12H2,1-2H3/t13-,14-,15-,16-,17-,18+,19-/m0/s1. The molecule has 4 saturated carbocycles. The molecule has 0 spiro atoms. The molecule has 0 aliphatic heterocycles. The van der Waals surface area contributed by atoms with Gasteiger partial charge < -0.3 is 5.11 Å². The normalized spacial score (nSPS) is 58.6. The van der Waals surface area contributed by atoms with Crippen molar-refractivity contribution >= 4 is 0 Å². The molecule has 0 radical (unpaired) electrons. The van der Waals surface area contributed by atoms with Crippen molar-refractivity contribution in [2.75, 3.05) is 0 Å². The van der Waals surface area contributed by atoms with Gasteiger partial charge in [-0.2, -0.15) is 0 Å². The summed E-state index contributed by atoms with van der Waals surface area (Å²) in [5.41, 5.74) is 1.25. The Labute approximate surface area is 124 Å². The van der Waals surface area contributed by atoms with Gasteiger partial charge in [0.25, 0.3) is 0 Å². The smallest absolute Gasteiger partial charge is 0.0543 e. The lowest BCUT2D eigenvalue weighted by molar-refractivity contribution is -0.120. The fourth-order valence-corrected chi connectivity index (χ4v) is 7.23. The molecule has 4 fully saturated rings. The Kier molecular flexibility index (Phi) is 3.05. The van der Waals surface area contributed by atoms with Crippen LogP contribution in [-0.4, -0.2) is 11.2 Å². The van der Waals surface area contributed by atoms with Crippen LogP contribution in [0.3, 0.4) is 0 Å². The monoisotopic (exact) mass is 276 g/mol. The highest BCUT2D eigenvalue weighted by molar-refractivity contribution is 5.07. The summed E-state index contributed by atoms with van der Waals surface area (Å²) >= 11 is 0. The van der Waals surface area contributed by atoms with Gasteiger partial charge in [-0.15, -0.1) is 0 Å². The molecule has 0 saturated heterocycles. The van der Waals surface area contributed by atoms with Gasteiger partial charge in [-0.3, -0.25) is 0 Å². The molecular formula is C19H32O. The summed E-state index contributed by atoms with van der Waals surface area (Å²) in [6, 6.07) is 0.